The number of rotatable bonds is 3. The first-order chi connectivity index (χ1) is 9.84. The number of benzene rings is 1. The summed E-state index contributed by atoms with van der Waals surface area (Å²) in [7, 11) is -1.64. The largest absolute Gasteiger partial charge is 0.465 e. The van der Waals surface area contributed by atoms with Gasteiger partial charge in [-0.15, -0.1) is 0 Å². The number of nitrogen functional groups attached to an aromatic ring is 1. The van der Waals surface area contributed by atoms with Crippen LogP contribution in [0.25, 0.3) is 0 Å². The lowest BCUT2D eigenvalue weighted by Gasteiger charge is -2.33. The fraction of sp³-hybridized carbons (Fsp3) is 0.500. The summed E-state index contributed by atoms with van der Waals surface area (Å²) in [5.74, 6) is -0.184. The van der Waals surface area contributed by atoms with Gasteiger partial charge in [0.25, 0.3) is 0 Å². The van der Waals surface area contributed by atoms with Crippen molar-refractivity contribution in [2.45, 2.75) is 19.5 Å². The lowest BCUT2D eigenvalue weighted by molar-refractivity contribution is 0.0599. The summed E-state index contributed by atoms with van der Waals surface area (Å²) >= 11 is 0. The second kappa shape index (κ2) is 6.03. The summed E-state index contributed by atoms with van der Waals surface area (Å²) in [5.41, 5.74) is 7.36. The molecule has 2 N–H and O–H groups in total. The monoisotopic (exact) mass is 312 g/mol. The lowest BCUT2D eigenvalue weighted by Crippen LogP contribution is -2.46. The highest BCUT2D eigenvalue weighted by atomic mass is 32.2. The molecule has 0 spiro atoms. The molecule has 1 aliphatic heterocycles. The van der Waals surface area contributed by atoms with Gasteiger partial charge in [-0.3, -0.25) is 4.90 Å². The highest BCUT2D eigenvalue weighted by Crippen LogP contribution is 2.22. The SMILES string of the molecule is COC(=O)c1c(N)cccc1CN1CCS(=O)(=O)CC1C. The van der Waals surface area contributed by atoms with Crippen LogP contribution < -0.4 is 5.73 Å². The van der Waals surface area contributed by atoms with Crippen LogP contribution in [0, 0.1) is 0 Å². The van der Waals surface area contributed by atoms with Gasteiger partial charge in [-0.25, -0.2) is 13.2 Å². The second-order valence-electron chi connectivity index (χ2n) is 5.31. The van der Waals surface area contributed by atoms with Gasteiger partial charge in [0.05, 0.1) is 24.2 Å². The molecule has 0 bridgehead atoms. The van der Waals surface area contributed by atoms with Crippen molar-refractivity contribution < 1.29 is 17.9 Å². The minimum Gasteiger partial charge on any atom is -0.465 e. The smallest absolute Gasteiger partial charge is 0.340 e. The predicted octanol–water partition coefficient (Wildman–Crippen LogP) is 0.674. The van der Waals surface area contributed by atoms with Gasteiger partial charge in [-0.05, 0) is 18.6 Å². The third kappa shape index (κ3) is 3.54. The summed E-state index contributed by atoms with van der Waals surface area (Å²) in [4.78, 5) is 13.9. The van der Waals surface area contributed by atoms with Crippen LogP contribution in [0.3, 0.4) is 0 Å². The van der Waals surface area contributed by atoms with E-state index < -0.39 is 15.8 Å². The summed E-state index contributed by atoms with van der Waals surface area (Å²) in [6.45, 7) is 2.81. The predicted molar refractivity (Wildman–Crippen MR) is 80.7 cm³/mol. The second-order valence-corrected chi connectivity index (χ2v) is 7.54. The zero-order valence-electron chi connectivity index (χ0n) is 12.2. The molecule has 0 radical (unpaired) electrons. The maximum Gasteiger partial charge on any atom is 0.340 e. The van der Waals surface area contributed by atoms with Crippen molar-refractivity contribution in [2.24, 2.45) is 0 Å². The van der Waals surface area contributed by atoms with Crippen LogP contribution in [0.1, 0.15) is 22.8 Å². The molecule has 1 atom stereocenters. The molecule has 6 nitrogen and oxygen atoms in total. The first-order valence-electron chi connectivity index (χ1n) is 6.74. The van der Waals surface area contributed by atoms with Gasteiger partial charge in [-0.2, -0.15) is 0 Å². The molecule has 2 rings (SSSR count). The zero-order valence-corrected chi connectivity index (χ0v) is 13.0. The van der Waals surface area contributed by atoms with Gasteiger partial charge in [0.15, 0.2) is 9.84 Å². The standard InChI is InChI=1S/C14H20N2O4S/c1-10-9-21(18,19)7-6-16(10)8-11-4-3-5-12(15)13(11)14(17)20-2/h3-5,10H,6-9,15H2,1-2H3. The van der Waals surface area contributed by atoms with Crippen LogP contribution in [0.5, 0.6) is 0 Å². The molecule has 0 saturated carbocycles. The number of methoxy groups -OCH3 is 1. The van der Waals surface area contributed by atoms with Crippen LogP contribution in [-0.2, 0) is 21.1 Å². The van der Waals surface area contributed by atoms with E-state index in [4.69, 9.17) is 10.5 Å². The van der Waals surface area contributed by atoms with E-state index >= 15 is 0 Å². The Labute approximate surface area is 124 Å². The quantitative estimate of drug-likeness (QED) is 0.652. The van der Waals surface area contributed by atoms with Crippen LogP contribution in [0.15, 0.2) is 18.2 Å². The molecule has 0 aromatic heterocycles. The van der Waals surface area contributed by atoms with Gasteiger partial charge in [-0.1, -0.05) is 12.1 Å². The summed E-state index contributed by atoms with van der Waals surface area (Å²) in [6.07, 6.45) is 0. The average Bonchev–Trinajstić information content (AvgIpc) is 2.41. The van der Waals surface area contributed by atoms with Crippen molar-refractivity contribution in [1.82, 2.24) is 4.90 Å². The highest BCUT2D eigenvalue weighted by Gasteiger charge is 2.29. The van der Waals surface area contributed by atoms with Gasteiger partial charge >= 0.3 is 5.97 Å². The fourth-order valence-electron chi connectivity index (χ4n) is 2.59. The highest BCUT2D eigenvalue weighted by molar-refractivity contribution is 7.91. The van der Waals surface area contributed by atoms with Gasteiger partial charge < -0.3 is 10.5 Å². The number of sulfone groups is 1. The number of hydrogen-bond donors (Lipinski definition) is 1. The number of ether oxygens (including phenoxy) is 1. The zero-order chi connectivity index (χ0) is 15.6. The minimum absolute atomic E-state index is 0.0873. The van der Waals surface area contributed by atoms with E-state index in [0.29, 0.717) is 24.3 Å². The molecule has 1 aromatic carbocycles. The van der Waals surface area contributed by atoms with E-state index in [1.165, 1.54) is 7.11 Å². The molecule has 1 aliphatic rings. The van der Waals surface area contributed by atoms with E-state index in [0.717, 1.165) is 5.56 Å². The number of hydrogen-bond acceptors (Lipinski definition) is 6. The number of carbonyl (C=O) groups excluding carboxylic acids is 1. The summed E-state index contributed by atoms with van der Waals surface area (Å²) in [5, 5.41) is 0. The molecule has 1 saturated heterocycles. The van der Waals surface area contributed by atoms with Crippen molar-refractivity contribution in [3.8, 4) is 0 Å². The molecule has 1 fully saturated rings. The third-order valence-electron chi connectivity index (χ3n) is 3.75. The first-order valence-corrected chi connectivity index (χ1v) is 8.56. The van der Waals surface area contributed by atoms with Gasteiger partial charge in [0.2, 0.25) is 0 Å². The molecule has 1 aromatic rings. The molecule has 21 heavy (non-hydrogen) atoms. The number of anilines is 1. The molecule has 7 heteroatoms. The van der Waals surface area contributed by atoms with E-state index in [2.05, 4.69) is 0 Å². The average molecular weight is 312 g/mol. The van der Waals surface area contributed by atoms with E-state index in [1.54, 1.807) is 12.1 Å². The van der Waals surface area contributed by atoms with Gasteiger partial charge in [0.1, 0.15) is 0 Å². The van der Waals surface area contributed by atoms with Crippen molar-refractivity contribution >= 4 is 21.5 Å². The maximum atomic E-state index is 11.9. The number of carbonyl (C=O) groups is 1. The first kappa shape index (κ1) is 15.8. The van der Waals surface area contributed by atoms with Crippen molar-refractivity contribution in [3.63, 3.8) is 0 Å². The Bertz CT molecular complexity index is 642. The third-order valence-corrected chi connectivity index (χ3v) is 5.55. The Hall–Kier alpha value is -1.60. The van der Waals surface area contributed by atoms with Crippen LogP contribution in [-0.4, -0.2) is 50.5 Å². The van der Waals surface area contributed by atoms with Crippen LogP contribution in [0.2, 0.25) is 0 Å². The fourth-order valence-corrected chi connectivity index (χ4v) is 4.21. The number of esters is 1. The van der Waals surface area contributed by atoms with Crippen molar-refractivity contribution in [1.29, 1.82) is 0 Å². The normalized spacial score (nSPS) is 21.9. The van der Waals surface area contributed by atoms with Crippen molar-refractivity contribution in [3.05, 3.63) is 29.3 Å². The molecule has 116 valence electrons. The van der Waals surface area contributed by atoms with E-state index in [1.807, 2.05) is 17.9 Å². The van der Waals surface area contributed by atoms with E-state index in [-0.39, 0.29) is 17.5 Å². The molecular weight excluding hydrogens is 292 g/mol. The van der Waals surface area contributed by atoms with Crippen LogP contribution in [0.4, 0.5) is 5.69 Å². The molecule has 1 unspecified atom stereocenters. The molecular formula is C14H20N2O4S. The Morgan fingerprint density at radius 1 is 1.48 bits per heavy atom. The Kier molecular flexibility index (Phi) is 4.53. The molecule has 0 amide bonds. The maximum absolute atomic E-state index is 11.9. The Morgan fingerprint density at radius 3 is 2.81 bits per heavy atom. The number of nitrogens with two attached hydrogens (primary N) is 1. The Balaban J connectivity index is 2.24. The number of nitrogens with zero attached hydrogens (tertiary/aromatic N) is 1. The topological polar surface area (TPSA) is 89.7 Å². The van der Waals surface area contributed by atoms with Crippen LogP contribution >= 0.6 is 0 Å². The Morgan fingerprint density at radius 2 is 2.19 bits per heavy atom. The summed E-state index contributed by atoms with van der Waals surface area (Å²) < 4.78 is 28.0. The summed E-state index contributed by atoms with van der Waals surface area (Å²) in [6, 6.07) is 5.16. The molecule has 1 heterocycles. The minimum atomic E-state index is -2.95. The van der Waals surface area contributed by atoms with Crippen molar-refractivity contribution in [2.75, 3.05) is 30.9 Å². The van der Waals surface area contributed by atoms with E-state index in [9.17, 15) is 13.2 Å². The van der Waals surface area contributed by atoms with Gasteiger partial charge in [0, 0.05) is 24.8 Å². The lowest BCUT2D eigenvalue weighted by atomic mass is 10.0. The molecule has 0 aliphatic carbocycles.